The molecule has 0 aliphatic carbocycles. The molecule has 0 radical (unpaired) electrons. The van der Waals surface area contributed by atoms with Crippen LogP contribution in [-0.4, -0.2) is 17.4 Å². The third-order valence-electron chi connectivity index (χ3n) is 3.18. The normalized spacial score (nSPS) is 12.3. The molecule has 2 aromatic rings. The summed E-state index contributed by atoms with van der Waals surface area (Å²) in [6.45, 7) is 3.93. The van der Waals surface area contributed by atoms with Crippen molar-refractivity contribution in [3.8, 4) is 0 Å². The maximum absolute atomic E-state index is 12.0. The Balaban J connectivity index is 1.77. The van der Waals surface area contributed by atoms with Crippen molar-refractivity contribution in [1.82, 2.24) is 5.43 Å². The molecule has 0 spiro atoms. The highest BCUT2D eigenvalue weighted by Crippen LogP contribution is 2.17. The van der Waals surface area contributed by atoms with Crippen molar-refractivity contribution in [1.29, 1.82) is 0 Å². The number of hydrazone groups is 1. The van der Waals surface area contributed by atoms with Crippen LogP contribution in [0.3, 0.4) is 0 Å². The molecule has 0 heterocycles. The second-order valence-electron chi connectivity index (χ2n) is 5.08. The van der Waals surface area contributed by atoms with Gasteiger partial charge in [-0.05, 0) is 25.0 Å². The highest BCUT2D eigenvalue weighted by atomic mass is 32.2. The molecule has 2 rings (SSSR count). The van der Waals surface area contributed by atoms with Crippen LogP contribution in [-0.2, 0) is 10.5 Å². The molecular weight excluding hydrogens is 292 g/mol. The third kappa shape index (κ3) is 5.37. The maximum atomic E-state index is 12.0. The lowest BCUT2D eigenvalue weighted by Gasteiger charge is -2.09. The summed E-state index contributed by atoms with van der Waals surface area (Å²) in [5.41, 5.74) is 5.98. The Labute approximate surface area is 135 Å². The first-order valence-corrected chi connectivity index (χ1v) is 8.25. The number of carbonyl (C=O) groups is 1. The Morgan fingerprint density at radius 2 is 1.86 bits per heavy atom. The molecule has 0 fully saturated rings. The molecule has 0 saturated carbocycles. The van der Waals surface area contributed by atoms with E-state index in [9.17, 15) is 4.79 Å². The molecule has 1 atom stereocenters. The quantitative estimate of drug-likeness (QED) is 0.651. The number of benzene rings is 2. The standard InChI is InChI=1S/C18H20N2OS/c1-14-8-10-16(11-9-14)12-19-20-18(21)15(2)22-13-17-6-4-3-5-7-17/h3-12,15H,13H2,1-2H3,(H,20,21)/b19-12-/t15-/m1/s1. The van der Waals surface area contributed by atoms with Crippen LogP contribution in [0.15, 0.2) is 59.7 Å². The van der Waals surface area contributed by atoms with E-state index in [1.54, 1.807) is 18.0 Å². The molecular formula is C18H20N2OS. The first-order valence-electron chi connectivity index (χ1n) is 7.20. The Bertz CT molecular complexity index is 623. The maximum Gasteiger partial charge on any atom is 0.252 e. The molecule has 114 valence electrons. The number of nitrogens with zero attached hydrogens (tertiary/aromatic N) is 1. The number of hydrogen-bond donors (Lipinski definition) is 1. The van der Waals surface area contributed by atoms with Crippen LogP contribution >= 0.6 is 11.8 Å². The predicted molar refractivity (Wildman–Crippen MR) is 94.1 cm³/mol. The third-order valence-corrected chi connectivity index (χ3v) is 4.39. The van der Waals surface area contributed by atoms with Crippen molar-refractivity contribution < 1.29 is 4.79 Å². The molecule has 4 heteroatoms. The summed E-state index contributed by atoms with van der Waals surface area (Å²) in [6, 6.07) is 18.1. The fraction of sp³-hybridized carbons (Fsp3) is 0.222. The highest BCUT2D eigenvalue weighted by molar-refractivity contribution is 7.99. The lowest BCUT2D eigenvalue weighted by atomic mass is 10.2. The molecule has 22 heavy (non-hydrogen) atoms. The van der Waals surface area contributed by atoms with E-state index in [2.05, 4.69) is 22.7 Å². The molecule has 0 aliphatic rings. The van der Waals surface area contributed by atoms with Gasteiger partial charge in [0.1, 0.15) is 0 Å². The van der Waals surface area contributed by atoms with Crippen LogP contribution in [0.25, 0.3) is 0 Å². The number of rotatable bonds is 6. The molecule has 0 aromatic heterocycles. The summed E-state index contributed by atoms with van der Waals surface area (Å²) in [4.78, 5) is 12.0. The van der Waals surface area contributed by atoms with Gasteiger partial charge in [-0.2, -0.15) is 5.10 Å². The first kappa shape index (κ1) is 16.3. The Morgan fingerprint density at radius 3 is 2.55 bits per heavy atom. The monoisotopic (exact) mass is 312 g/mol. The minimum atomic E-state index is -0.143. The van der Waals surface area contributed by atoms with Crippen molar-refractivity contribution in [3.63, 3.8) is 0 Å². The van der Waals surface area contributed by atoms with Crippen LogP contribution < -0.4 is 5.43 Å². The minimum absolute atomic E-state index is 0.0794. The Hall–Kier alpha value is -2.07. The van der Waals surface area contributed by atoms with Crippen molar-refractivity contribution >= 4 is 23.9 Å². The average molecular weight is 312 g/mol. The molecule has 2 aromatic carbocycles. The molecule has 0 bridgehead atoms. The minimum Gasteiger partial charge on any atom is -0.272 e. The lowest BCUT2D eigenvalue weighted by molar-refractivity contribution is -0.120. The van der Waals surface area contributed by atoms with Gasteiger partial charge in [-0.1, -0.05) is 60.2 Å². The van der Waals surface area contributed by atoms with E-state index in [-0.39, 0.29) is 11.2 Å². The number of nitrogens with one attached hydrogen (secondary N) is 1. The van der Waals surface area contributed by atoms with Crippen LogP contribution in [0.4, 0.5) is 0 Å². The summed E-state index contributed by atoms with van der Waals surface area (Å²) < 4.78 is 0. The van der Waals surface area contributed by atoms with Crippen LogP contribution in [0.2, 0.25) is 0 Å². The smallest absolute Gasteiger partial charge is 0.252 e. The zero-order valence-electron chi connectivity index (χ0n) is 12.8. The average Bonchev–Trinajstić information content (AvgIpc) is 2.55. The van der Waals surface area contributed by atoms with E-state index in [4.69, 9.17) is 0 Å². The molecule has 1 amide bonds. The summed E-state index contributed by atoms with van der Waals surface area (Å²) >= 11 is 1.60. The van der Waals surface area contributed by atoms with Crippen molar-refractivity contribution in [2.45, 2.75) is 24.9 Å². The van der Waals surface area contributed by atoms with Crippen molar-refractivity contribution in [2.75, 3.05) is 0 Å². The molecule has 3 nitrogen and oxygen atoms in total. The van der Waals surface area contributed by atoms with Crippen molar-refractivity contribution in [2.24, 2.45) is 5.10 Å². The van der Waals surface area contributed by atoms with E-state index in [0.29, 0.717) is 0 Å². The zero-order valence-corrected chi connectivity index (χ0v) is 13.6. The molecule has 0 saturated heterocycles. The largest absolute Gasteiger partial charge is 0.272 e. The fourth-order valence-corrected chi connectivity index (χ4v) is 2.62. The lowest BCUT2D eigenvalue weighted by Crippen LogP contribution is -2.26. The van der Waals surface area contributed by atoms with E-state index in [1.807, 2.05) is 56.3 Å². The van der Waals surface area contributed by atoms with Gasteiger partial charge in [0.15, 0.2) is 0 Å². The number of aryl methyl sites for hydroxylation is 1. The van der Waals surface area contributed by atoms with Gasteiger partial charge >= 0.3 is 0 Å². The summed E-state index contributed by atoms with van der Waals surface area (Å²) in [5, 5.41) is 3.87. The first-order chi connectivity index (χ1) is 10.6. The summed E-state index contributed by atoms with van der Waals surface area (Å²) in [7, 11) is 0. The van der Waals surface area contributed by atoms with Gasteiger partial charge in [-0.15, -0.1) is 11.8 Å². The van der Waals surface area contributed by atoms with Gasteiger partial charge in [0.05, 0.1) is 11.5 Å². The SMILES string of the molecule is Cc1ccc(/C=N\NC(=O)[C@@H](C)SCc2ccccc2)cc1. The number of hydrogen-bond acceptors (Lipinski definition) is 3. The number of thioether (sulfide) groups is 1. The molecule has 0 unspecified atom stereocenters. The van der Waals surface area contributed by atoms with Gasteiger partial charge in [-0.25, -0.2) is 5.43 Å². The predicted octanol–water partition coefficient (Wildman–Crippen LogP) is 3.77. The van der Waals surface area contributed by atoms with Gasteiger partial charge in [0.2, 0.25) is 0 Å². The number of carbonyl (C=O) groups excluding carboxylic acids is 1. The van der Waals surface area contributed by atoms with Crippen molar-refractivity contribution in [3.05, 3.63) is 71.3 Å². The van der Waals surface area contributed by atoms with Gasteiger partial charge in [0, 0.05) is 5.75 Å². The van der Waals surface area contributed by atoms with Gasteiger partial charge in [0.25, 0.3) is 5.91 Å². The van der Waals surface area contributed by atoms with Crippen LogP contribution in [0, 0.1) is 6.92 Å². The van der Waals surface area contributed by atoms with Crippen LogP contribution in [0.1, 0.15) is 23.6 Å². The number of amides is 1. The van der Waals surface area contributed by atoms with E-state index in [1.165, 1.54) is 11.1 Å². The van der Waals surface area contributed by atoms with Crippen LogP contribution in [0.5, 0.6) is 0 Å². The van der Waals surface area contributed by atoms with Gasteiger partial charge < -0.3 is 0 Å². The summed E-state index contributed by atoms with van der Waals surface area (Å²) in [6.07, 6.45) is 1.66. The van der Waals surface area contributed by atoms with Gasteiger partial charge in [-0.3, -0.25) is 4.79 Å². The second kappa shape index (κ2) is 8.39. The Morgan fingerprint density at radius 1 is 1.18 bits per heavy atom. The fourth-order valence-electron chi connectivity index (χ4n) is 1.78. The summed E-state index contributed by atoms with van der Waals surface area (Å²) in [5.74, 6) is 0.737. The van der Waals surface area contributed by atoms with E-state index in [0.717, 1.165) is 11.3 Å². The van der Waals surface area contributed by atoms with E-state index >= 15 is 0 Å². The molecule has 0 aliphatic heterocycles. The molecule has 1 N–H and O–H groups in total. The topological polar surface area (TPSA) is 41.5 Å². The Kier molecular flexibility index (Phi) is 6.22. The zero-order chi connectivity index (χ0) is 15.8. The van der Waals surface area contributed by atoms with E-state index < -0.39 is 0 Å². The highest BCUT2D eigenvalue weighted by Gasteiger charge is 2.12. The second-order valence-corrected chi connectivity index (χ2v) is 6.41.